The monoisotopic (exact) mass is 254 g/mol. The minimum absolute atomic E-state index is 0.530. The molecule has 1 aliphatic heterocycles. The first-order valence-corrected chi connectivity index (χ1v) is 7.95. The molecule has 1 aliphatic rings. The first-order valence-electron chi connectivity index (χ1n) is 7.95. The lowest BCUT2D eigenvalue weighted by molar-refractivity contribution is 0.0797. The van der Waals surface area contributed by atoms with Gasteiger partial charge < -0.3 is 5.32 Å². The third kappa shape index (κ3) is 4.89. The third-order valence-electron chi connectivity index (χ3n) is 4.45. The number of hydrogen-bond donors (Lipinski definition) is 1. The molecule has 1 fully saturated rings. The Morgan fingerprint density at radius 1 is 1.11 bits per heavy atom. The number of rotatable bonds is 7. The summed E-state index contributed by atoms with van der Waals surface area (Å²) in [5.41, 5.74) is 0.530. The van der Waals surface area contributed by atoms with Crippen LogP contribution >= 0.6 is 0 Å². The number of nitrogens with one attached hydrogen (secondary N) is 1. The van der Waals surface area contributed by atoms with Crippen LogP contribution in [0, 0.1) is 11.3 Å². The van der Waals surface area contributed by atoms with Gasteiger partial charge in [0.15, 0.2) is 0 Å². The Morgan fingerprint density at radius 3 is 2.11 bits per heavy atom. The maximum atomic E-state index is 3.49. The van der Waals surface area contributed by atoms with Crippen LogP contribution in [0.15, 0.2) is 0 Å². The third-order valence-corrected chi connectivity index (χ3v) is 4.45. The van der Waals surface area contributed by atoms with E-state index in [-0.39, 0.29) is 0 Å². The summed E-state index contributed by atoms with van der Waals surface area (Å²) in [6.07, 6.45) is 5.25. The summed E-state index contributed by atoms with van der Waals surface area (Å²) in [6, 6.07) is 0.777. The predicted molar refractivity (Wildman–Crippen MR) is 81.0 cm³/mol. The molecule has 0 atom stereocenters. The van der Waals surface area contributed by atoms with Crippen molar-refractivity contribution >= 4 is 0 Å². The van der Waals surface area contributed by atoms with Crippen molar-refractivity contribution in [2.24, 2.45) is 11.3 Å². The second kappa shape index (κ2) is 7.49. The smallest absolute Gasteiger partial charge is 0.00903 e. The average Bonchev–Trinajstić information content (AvgIpc) is 2.30. The Morgan fingerprint density at radius 2 is 1.67 bits per heavy atom. The summed E-state index contributed by atoms with van der Waals surface area (Å²) in [4.78, 5) is 2.77. The molecule has 108 valence electrons. The SMILES string of the molecule is CCC(CC)N(CC(C)C)CC1(C)CCNCC1. The fraction of sp³-hybridized carbons (Fsp3) is 1.00. The Labute approximate surface area is 115 Å². The standard InChI is InChI=1S/C16H34N2/c1-6-15(7-2)18(12-14(3)4)13-16(5)8-10-17-11-9-16/h14-15,17H,6-13H2,1-5H3. The van der Waals surface area contributed by atoms with Gasteiger partial charge in [0.1, 0.15) is 0 Å². The molecule has 0 amide bonds. The molecule has 1 heterocycles. The molecule has 2 heteroatoms. The van der Waals surface area contributed by atoms with Crippen LogP contribution in [0.2, 0.25) is 0 Å². The van der Waals surface area contributed by atoms with Gasteiger partial charge in [-0.3, -0.25) is 4.90 Å². The van der Waals surface area contributed by atoms with E-state index >= 15 is 0 Å². The zero-order valence-corrected chi connectivity index (χ0v) is 13.3. The van der Waals surface area contributed by atoms with Crippen LogP contribution in [0.3, 0.4) is 0 Å². The second-order valence-corrected chi connectivity index (χ2v) is 6.85. The minimum Gasteiger partial charge on any atom is -0.317 e. The fourth-order valence-corrected chi connectivity index (χ4v) is 3.30. The molecule has 0 spiro atoms. The van der Waals surface area contributed by atoms with Gasteiger partial charge in [0.25, 0.3) is 0 Å². The first-order chi connectivity index (χ1) is 8.50. The molecule has 1 N–H and O–H groups in total. The molecule has 2 nitrogen and oxygen atoms in total. The van der Waals surface area contributed by atoms with E-state index in [2.05, 4.69) is 44.8 Å². The number of nitrogens with zero attached hydrogens (tertiary/aromatic N) is 1. The highest BCUT2D eigenvalue weighted by Gasteiger charge is 2.31. The molecular weight excluding hydrogens is 220 g/mol. The van der Waals surface area contributed by atoms with Gasteiger partial charge in [0.05, 0.1) is 0 Å². The van der Waals surface area contributed by atoms with E-state index in [9.17, 15) is 0 Å². The Hall–Kier alpha value is -0.0800. The molecule has 0 bridgehead atoms. The minimum atomic E-state index is 0.530. The van der Waals surface area contributed by atoms with Crippen molar-refractivity contribution < 1.29 is 0 Å². The van der Waals surface area contributed by atoms with Crippen molar-refractivity contribution in [3.63, 3.8) is 0 Å². The van der Waals surface area contributed by atoms with E-state index < -0.39 is 0 Å². The van der Waals surface area contributed by atoms with Crippen LogP contribution in [0.25, 0.3) is 0 Å². The van der Waals surface area contributed by atoms with E-state index in [1.807, 2.05) is 0 Å². The zero-order chi connectivity index (χ0) is 13.6. The van der Waals surface area contributed by atoms with Crippen molar-refractivity contribution in [1.29, 1.82) is 0 Å². The first kappa shape index (κ1) is 16.0. The lowest BCUT2D eigenvalue weighted by Crippen LogP contribution is -2.47. The van der Waals surface area contributed by atoms with E-state index in [4.69, 9.17) is 0 Å². The highest BCUT2D eigenvalue weighted by atomic mass is 15.2. The molecule has 0 saturated carbocycles. The van der Waals surface area contributed by atoms with Gasteiger partial charge in [-0.2, -0.15) is 0 Å². The summed E-state index contributed by atoms with van der Waals surface area (Å²) in [7, 11) is 0. The topological polar surface area (TPSA) is 15.3 Å². The fourth-order valence-electron chi connectivity index (χ4n) is 3.30. The molecule has 0 aromatic carbocycles. The number of hydrogen-bond acceptors (Lipinski definition) is 2. The largest absolute Gasteiger partial charge is 0.317 e. The highest BCUT2D eigenvalue weighted by Crippen LogP contribution is 2.30. The van der Waals surface area contributed by atoms with Crippen LogP contribution in [0.1, 0.15) is 60.3 Å². The summed E-state index contributed by atoms with van der Waals surface area (Å²) in [5.74, 6) is 0.774. The predicted octanol–water partition coefficient (Wildman–Crippen LogP) is 3.52. The van der Waals surface area contributed by atoms with Crippen molar-refractivity contribution in [3.8, 4) is 0 Å². The van der Waals surface area contributed by atoms with Crippen molar-refractivity contribution in [1.82, 2.24) is 10.2 Å². The van der Waals surface area contributed by atoms with Gasteiger partial charge >= 0.3 is 0 Å². The number of piperidine rings is 1. The van der Waals surface area contributed by atoms with Gasteiger partial charge in [-0.15, -0.1) is 0 Å². The van der Waals surface area contributed by atoms with Gasteiger partial charge in [-0.25, -0.2) is 0 Å². The van der Waals surface area contributed by atoms with Gasteiger partial charge in [-0.05, 0) is 50.1 Å². The zero-order valence-electron chi connectivity index (χ0n) is 13.3. The average molecular weight is 254 g/mol. The summed E-state index contributed by atoms with van der Waals surface area (Å²) < 4.78 is 0. The summed E-state index contributed by atoms with van der Waals surface area (Å²) >= 11 is 0. The lowest BCUT2D eigenvalue weighted by Gasteiger charge is -2.42. The van der Waals surface area contributed by atoms with Crippen LogP contribution in [-0.2, 0) is 0 Å². The Balaban J connectivity index is 2.63. The molecule has 0 aliphatic carbocycles. The van der Waals surface area contributed by atoms with Crippen LogP contribution in [-0.4, -0.2) is 37.1 Å². The molecule has 18 heavy (non-hydrogen) atoms. The quantitative estimate of drug-likeness (QED) is 0.748. The summed E-state index contributed by atoms with van der Waals surface area (Å²) in [5, 5.41) is 3.49. The van der Waals surface area contributed by atoms with E-state index in [0.29, 0.717) is 5.41 Å². The van der Waals surface area contributed by atoms with Crippen molar-refractivity contribution in [3.05, 3.63) is 0 Å². The molecule has 0 unspecified atom stereocenters. The molecule has 1 saturated heterocycles. The Kier molecular flexibility index (Phi) is 6.65. The molecular formula is C16H34N2. The lowest BCUT2D eigenvalue weighted by atomic mass is 9.80. The Bertz CT molecular complexity index is 215. The van der Waals surface area contributed by atoms with Crippen LogP contribution in [0.4, 0.5) is 0 Å². The van der Waals surface area contributed by atoms with Gasteiger partial charge in [0.2, 0.25) is 0 Å². The van der Waals surface area contributed by atoms with E-state index in [1.54, 1.807) is 0 Å². The van der Waals surface area contributed by atoms with Crippen molar-refractivity contribution in [2.45, 2.75) is 66.3 Å². The van der Waals surface area contributed by atoms with Gasteiger partial charge in [-0.1, -0.05) is 34.6 Å². The molecule has 1 rings (SSSR count). The maximum Gasteiger partial charge on any atom is 0.00903 e. The molecule has 0 aromatic rings. The summed E-state index contributed by atoms with van der Waals surface area (Å²) in [6.45, 7) is 16.8. The van der Waals surface area contributed by atoms with Gasteiger partial charge in [0, 0.05) is 19.1 Å². The maximum absolute atomic E-state index is 3.49. The highest BCUT2D eigenvalue weighted by molar-refractivity contribution is 4.85. The van der Waals surface area contributed by atoms with Crippen LogP contribution in [0.5, 0.6) is 0 Å². The van der Waals surface area contributed by atoms with Crippen molar-refractivity contribution in [2.75, 3.05) is 26.2 Å². The molecule has 0 radical (unpaired) electrons. The molecule has 0 aromatic heterocycles. The van der Waals surface area contributed by atoms with Crippen LogP contribution < -0.4 is 5.32 Å². The normalized spacial score (nSPS) is 20.0. The van der Waals surface area contributed by atoms with E-state index in [1.165, 1.54) is 51.9 Å². The second-order valence-electron chi connectivity index (χ2n) is 6.85. The van der Waals surface area contributed by atoms with E-state index in [0.717, 1.165) is 12.0 Å².